The maximum atomic E-state index is 13.9. The third-order valence-electron chi connectivity index (χ3n) is 11.5. The molecular formula is C45H87N3O8. The number of nitrogens with one attached hydrogen (secondary N) is 2. The fourth-order valence-corrected chi connectivity index (χ4v) is 7.75. The molecule has 0 radical (unpaired) electrons. The third kappa shape index (κ3) is 24.9. The largest absolute Gasteiger partial charge is 0.481 e. The fourth-order valence-electron chi connectivity index (χ4n) is 7.75. The minimum atomic E-state index is -1.45. The van der Waals surface area contributed by atoms with E-state index in [9.17, 15) is 29.7 Å². The standard InChI is InChI=1S/C45H87N3O8/c1-4-6-8-10-12-14-15-16-17-18-19-20-22-24-26-31-35-48(39(50)32-28-25-23-21-13-11-9-7-5-2)45-41(43(54)42(53)38(36-49)56-45)47-44(55)37(3)46-34-30-27-29-33-40(51)52/h37-38,41-43,45-46,49,53-54H,4-36H2,1-3H3,(H,47,55)(H,51,52)/t37-,38+,41-,42+,43+,45+/m0/s1. The van der Waals surface area contributed by atoms with Crippen LogP contribution in [-0.4, -0.2) is 99.4 Å². The Kier molecular flexibility index (Phi) is 32.8. The van der Waals surface area contributed by atoms with Crippen molar-refractivity contribution in [2.75, 3.05) is 19.7 Å². The number of aliphatic carboxylic acids is 1. The molecule has 6 atom stereocenters. The van der Waals surface area contributed by atoms with Crippen molar-refractivity contribution in [3.8, 4) is 0 Å². The third-order valence-corrected chi connectivity index (χ3v) is 11.5. The molecule has 0 aromatic carbocycles. The highest BCUT2D eigenvalue weighted by Crippen LogP contribution is 2.26. The highest BCUT2D eigenvalue weighted by atomic mass is 16.5. The zero-order chi connectivity index (χ0) is 41.2. The number of carboxylic acids is 1. The monoisotopic (exact) mass is 798 g/mol. The fraction of sp³-hybridized carbons (Fsp3) is 0.933. The van der Waals surface area contributed by atoms with E-state index in [0.717, 1.165) is 57.8 Å². The average molecular weight is 798 g/mol. The Morgan fingerprint density at radius 2 is 1.04 bits per heavy atom. The van der Waals surface area contributed by atoms with Gasteiger partial charge in [0.1, 0.15) is 24.4 Å². The van der Waals surface area contributed by atoms with Gasteiger partial charge in [-0.15, -0.1) is 0 Å². The first kappa shape index (κ1) is 52.2. The van der Waals surface area contributed by atoms with Crippen LogP contribution in [0.3, 0.4) is 0 Å². The molecule has 0 spiro atoms. The van der Waals surface area contributed by atoms with Crippen LogP contribution >= 0.6 is 0 Å². The van der Waals surface area contributed by atoms with Gasteiger partial charge < -0.3 is 40.7 Å². The van der Waals surface area contributed by atoms with Gasteiger partial charge in [-0.3, -0.25) is 14.4 Å². The van der Waals surface area contributed by atoms with Crippen LogP contribution in [0.1, 0.15) is 213 Å². The molecule has 0 aromatic heterocycles. The number of hydrogen-bond acceptors (Lipinski definition) is 8. The van der Waals surface area contributed by atoms with Crippen molar-refractivity contribution in [2.45, 2.75) is 250 Å². The summed E-state index contributed by atoms with van der Waals surface area (Å²) in [5.41, 5.74) is 0. The second kappa shape index (κ2) is 35.2. The molecule has 1 aliphatic heterocycles. The number of hydrogen-bond donors (Lipinski definition) is 6. The van der Waals surface area contributed by atoms with E-state index in [1.165, 1.54) is 109 Å². The molecule has 330 valence electrons. The quantitative estimate of drug-likeness (QED) is 0.0336. The summed E-state index contributed by atoms with van der Waals surface area (Å²) in [4.78, 5) is 39.7. The van der Waals surface area contributed by atoms with E-state index in [4.69, 9.17) is 9.84 Å². The van der Waals surface area contributed by atoms with Crippen LogP contribution in [0.4, 0.5) is 0 Å². The van der Waals surface area contributed by atoms with Gasteiger partial charge in [0, 0.05) is 19.4 Å². The Labute approximate surface area is 341 Å². The number of unbranched alkanes of at least 4 members (excludes halogenated alkanes) is 25. The second-order valence-electron chi connectivity index (χ2n) is 16.6. The molecule has 1 heterocycles. The Hall–Kier alpha value is -1.79. The van der Waals surface area contributed by atoms with Gasteiger partial charge in [0.2, 0.25) is 11.8 Å². The zero-order valence-corrected chi connectivity index (χ0v) is 36.2. The van der Waals surface area contributed by atoms with Crippen molar-refractivity contribution in [2.24, 2.45) is 0 Å². The van der Waals surface area contributed by atoms with E-state index >= 15 is 0 Å². The van der Waals surface area contributed by atoms with Gasteiger partial charge in [-0.05, 0) is 39.2 Å². The molecule has 1 fully saturated rings. The maximum Gasteiger partial charge on any atom is 0.303 e. The first-order valence-corrected chi connectivity index (χ1v) is 23.3. The van der Waals surface area contributed by atoms with E-state index in [2.05, 4.69) is 24.5 Å². The van der Waals surface area contributed by atoms with Gasteiger partial charge in [0.25, 0.3) is 0 Å². The molecule has 0 unspecified atom stereocenters. The molecule has 6 N–H and O–H groups in total. The van der Waals surface area contributed by atoms with Crippen molar-refractivity contribution >= 4 is 17.8 Å². The molecule has 1 rings (SSSR count). The summed E-state index contributed by atoms with van der Waals surface area (Å²) >= 11 is 0. The molecule has 0 bridgehead atoms. The lowest BCUT2D eigenvalue weighted by Crippen LogP contribution is -2.69. The molecule has 11 heteroatoms. The Morgan fingerprint density at radius 3 is 1.50 bits per heavy atom. The first-order valence-electron chi connectivity index (χ1n) is 23.3. The molecule has 0 aliphatic carbocycles. The van der Waals surface area contributed by atoms with Crippen LogP contribution in [-0.2, 0) is 19.1 Å². The van der Waals surface area contributed by atoms with Crippen LogP contribution in [0.15, 0.2) is 0 Å². The summed E-state index contributed by atoms with van der Waals surface area (Å²) in [6, 6.07) is -1.73. The second-order valence-corrected chi connectivity index (χ2v) is 16.6. The number of aliphatic hydroxyl groups excluding tert-OH is 3. The van der Waals surface area contributed by atoms with Crippen molar-refractivity contribution in [3.63, 3.8) is 0 Å². The molecule has 1 saturated heterocycles. The van der Waals surface area contributed by atoms with Crippen LogP contribution in [0.5, 0.6) is 0 Å². The summed E-state index contributed by atoms with van der Waals surface area (Å²) in [6.45, 7) is 6.56. The molecule has 11 nitrogen and oxygen atoms in total. The summed E-state index contributed by atoms with van der Waals surface area (Å²) in [7, 11) is 0. The van der Waals surface area contributed by atoms with Gasteiger partial charge in [-0.2, -0.15) is 0 Å². The maximum absolute atomic E-state index is 13.9. The van der Waals surface area contributed by atoms with E-state index in [0.29, 0.717) is 32.4 Å². The average Bonchev–Trinajstić information content (AvgIpc) is 3.18. The van der Waals surface area contributed by atoms with Crippen LogP contribution in [0.25, 0.3) is 0 Å². The smallest absolute Gasteiger partial charge is 0.303 e. The lowest BCUT2D eigenvalue weighted by molar-refractivity contribution is -0.231. The van der Waals surface area contributed by atoms with Gasteiger partial charge in [0.15, 0.2) is 6.23 Å². The Balaban J connectivity index is 2.76. The highest BCUT2D eigenvalue weighted by molar-refractivity contribution is 5.82. The lowest BCUT2D eigenvalue weighted by Gasteiger charge is -2.47. The predicted molar refractivity (Wildman–Crippen MR) is 226 cm³/mol. The summed E-state index contributed by atoms with van der Waals surface area (Å²) in [6.07, 6.45) is 27.5. The number of nitrogens with zero attached hydrogens (tertiary/aromatic N) is 1. The first-order chi connectivity index (χ1) is 27.2. The number of aliphatic hydroxyl groups is 3. The normalized spacial score (nSPS) is 20.2. The number of carboxylic acid groups (broad SMARTS) is 1. The SMILES string of the molecule is CCCCCCCCCCCCCCCCCCN(C(=O)CCCCCCCCCCC)[C@@H]1O[C@H](CO)[C@@H](O)[C@H](O)[C@@H]1NC(=O)[C@H](C)NCCCCCC(=O)O. The van der Waals surface area contributed by atoms with Gasteiger partial charge in [-0.1, -0.05) is 168 Å². The van der Waals surface area contributed by atoms with Crippen molar-refractivity contribution < 1.29 is 39.5 Å². The number of amides is 2. The van der Waals surface area contributed by atoms with Crippen molar-refractivity contribution in [1.29, 1.82) is 0 Å². The summed E-state index contributed by atoms with van der Waals surface area (Å²) < 4.78 is 6.17. The number of carbonyl (C=O) groups excluding carboxylic acids is 2. The Morgan fingerprint density at radius 1 is 0.607 bits per heavy atom. The van der Waals surface area contributed by atoms with Gasteiger partial charge in [0.05, 0.1) is 12.6 Å². The molecule has 0 aromatic rings. The van der Waals surface area contributed by atoms with Crippen LogP contribution in [0.2, 0.25) is 0 Å². The number of ether oxygens (including phenoxy) is 1. The van der Waals surface area contributed by atoms with Gasteiger partial charge >= 0.3 is 5.97 Å². The zero-order valence-electron chi connectivity index (χ0n) is 36.2. The van der Waals surface area contributed by atoms with E-state index < -0.39 is 55.1 Å². The Bertz CT molecular complexity index is 972. The highest BCUT2D eigenvalue weighted by Gasteiger charge is 2.48. The van der Waals surface area contributed by atoms with E-state index in [-0.39, 0.29) is 12.3 Å². The minimum absolute atomic E-state index is 0.106. The summed E-state index contributed by atoms with van der Waals surface area (Å²) in [5, 5.41) is 47.0. The van der Waals surface area contributed by atoms with Crippen LogP contribution in [0, 0.1) is 0 Å². The molecule has 1 aliphatic rings. The molecule has 56 heavy (non-hydrogen) atoms. The van der Waals surface area contributed by atoms with Crippen molar-refractivity contribution in [3.05, 3.63) is 0 Å². The molecule has 2 amide bonds. The van der Waals surface area contributed by atoms with Gasteiger partial charge in [-0.25, -0.2) is 0 Å². The number of carbonyl (C=O) groups is 3. The van der Waals surface area contributed by atoms with E-state index in [1.807, 2.05) is 0 Å². The molecule has 0 saturated carbocycles. The van der Waals surface area contributed by atoms with E-state index in [1.54, 1.807) is 11.8 Å². The van der Waals surface area contributed by atoms with Crippen molar-refractivity contribution in [1.82, 2.24) is 15.5 Å². The summed E-state index contributed by atoms with van der Waals surface area (Å²) in [5.74, 6) is -1.34. The lowest BCUT2D eigenvalue weighted by atomic mass is 9.94. The topological polar surface area (TPSA) is 169 Å². The van der Waals surface area contributed by atoms with Crippen LogP contribution < -0.4 is 10.6 Å². The predicted octanol–water partition coefficient (Wildman–Crippen LogP) is 8.54. The minimum Gasteiger partial charge on any atom is -0.481 e. The number of rotatable bonds is 38. The molecular weight excluding hydrogens is 711 g/mol.